The standard InChI is InChI=1S/C11H16N2S/c1-8-6-12-4-3-10(8)5-11-13-9(2)7-14-11/h5,7-8,12H,3-4,6H2,1-2H3/b10-5+. The van der Waals surface area contributed by atoms with Gasteiger partial charge in [-0.3, -0.25) is 0 Å². The molecule has 0 bridgehead atoms. The number of nitrogens with one attached hydrogen (secondary N) is 1. The van der Waals surface area contributed by atoms with Crippen molar-refractivity contribution in [1.29, 1.82) is 0 Å². The molecular formula is C11H16N2S. The maximum absolute atomic E-state index is 4.46. The lowest BCUT2D eigenvalue weighted by molar-refractivity contribution is 0.505. The molecule has 2 nitrogen and oxygen atoms in total. The minimum atomic E-state index is 0.660. The van der Waals surface area contributed by atoms with Gasteiger partial charge in [0.1, 0.15) is 5.01 Å². The van der Waals surface area contributed by atoms with Crippen molar-refractivity contribution in [3.63, 3.8) is 0 Å². The van der Waals surface area contributed by atoms with Crippen molar-refractivity contribution in [2.45, 2.75) is 20.3 Å². The fraction of sp³-hybridized carbons (Fsp3) is 0.545. The van der Waals surface area contributed by atoms with Crippen molar-refractivity contribution in [2.75, 3.05) is 13.1 Å². The van der Waals surface area contributed by atoms with Gasteiger partial charge in [0.15, 0.2) is 0 Å². The molecule has 1 saturated heterocycles. The summed E-state index contributed by atoms with van der Waals surface area (Å²) in [4.78, 5) is 4.46. The van der Waals surface area contributed by atoms with Crippen LogP contribution in [0.5, 0.6) is 0 Å². The highest BCUT2D eigenvalue weighted by molar-refractivity contribution is 7.10. The second-order valence-electron chi connectivity index (χ2n) is 3.90. The molecular weight excluding hydrogens is 192 g/mol. The monoisotopic (exact) mass is 208 g/mol. The first-order valence-corrected chi connectivity index (χ1v) is 5.97. The second-order valence-corrected chi connectivity index (χ2v) is 4.79. The molecule has 1 unspecified atom stereocenters. The lowest BCUT2D eigenvalue weighted by Gasteiger charge is -2.22. The van der Waals surface area contributed by atoms with Gasteiger partial charge < -0.3 is 5.32 Å². The molecule has 14 heavy (non-hydrogen) atoms. The summed E-state index contributed by atoms with van der Waals surface area (Å²) in [7, 11) is 0. The molecule has 1 aromatic rings. The fourth-order valence-electron chi connectivity index (χ4n) is 1.74. The van der Waals surface area contributed by atoms with E-state index in [2.05, 4.69) is 28.7 Å². The summed E-state index contributed by atoms with van der Waals surface area (Å²) in [5, 5.41) is 6.67. The van der Waals surface area contributed by atoms with Gasteiger partial charge >= 0.3 is 0 Å². The van der Waals surface area contributed by atoms with Gasteiger partial charge in [0.2, 0.25) is 0 Å². The van der Waals surface area contributed by atoms with Gasteiger partial charge in [-0.15, -0.1) is 11.3 Å². The Morgan fingerprint density at radius 1 is 1.64 bits per heavy atom. The number of aromatic nitrogens is 1. The third-order valence-electron chi connectivity index (χ3n) is 2.62. The molecule has 0 aliphatic carbocycles. The maximum Gasteiger partial charge on any atom is 0.116 e. The van der Waals surface area contributed by atoms with Crippen LogP contribution in [0, 0.1) is 12.8 Å². The van der Waals surface area contributed by atoms with Crippen LogP contribution in [0.1, 0.15) is 24.0 Å². The van der Waals surface area contributed by atoms with E-state index in [1.807, 2.05) is 6.92 Å². The Balaban J connectivity index is 2.16. The van der Waals surface area contributed by atoms with E-state index in [-0.39, 0.29) is 0 Å². The van der Waals surface area contributed by atoms with Gasteiger partial charge in [-0.2, -0.15) is 0 Å². The van der Waals surface area contributed by atoms with E-state index < -0.39 is 0 Å². The number of hydrogen-bond acceptors (Lipinski definition) is 3. The molecule has 2 heterocycles. The second kappa shape index (κ2) is 4.24. The number of rotatable bonds is 1. The molecule has 2 rings (SSSR count). The van der Waals surface area contributed by atoms with Crippen molar-refractivity contribution >= 4 is 17.4 Å². The van der Waals surface area contributed by atoms with Crippen molar-refractivity contribution in [3.05, 3.63) is 21.7 Å². The van der Waals surface area contributed by atoms with Crippen molar-refractivity contribution in [3.8, 4) is 0 Å². The predicted octanol–water partition coefficient (Wildman–Crippen LogP) is 2.46. The van der Waals surface area contributed by atoms with E-state index >= 15 is 0 Å². The SMILES string of the molecule is Cc1csc(/C=C2\CCNCC2C)n1. The van der Waals surface area contributed by atoms with Gasteiger partial charge in [0.25, 0.3) is 0 Å². The summed E-state index contributed by atoms with van der Waals surface area (Å²) in [5.74, 6) is 0.660. The summed E-state index contributed by atoms with van der Waals surface area (Å²) in [6, 6.07) is 0. The summed E-state index contributed by atoms with van der Waals surface area (Å²) in [6.45, 7) is 6.54. The molecule has 1 aliphatic rings. The van der Waals surface area contributed by atoms with Crippen LogP contribution < -0.4 is 5.32 Å². The minimum absolute atomic E-state index is 0.660. The zero-order valence-corrected chi connectivity index (χ0v) is 9.53. The fourth-order valence-corrected chi connectivity index (χ4v) is 2.50. The summed E-state index contributed by atoms with van der Waals surface area (Å²) < 4.78 is 0. The van der Waals surface area contributed by atoms with E-state index in [1.54, 1.807) is 11.3 Å². The Labute approximate surface area is 89.1 Å². The first-order valence-electron chi connectivity index (χ1n) is 5.09. The highest BCUT2D eigenvalue weighted by Gasteiger charge is 2.13. The predicted molar refractivity (Wildman–Crippen MR) is 61.5 cm³/mol. The zero-order valence-electron chi connectivity index (χ0n) is 8.71. The first kappa shape index (κ1) is 9.87. The van der Waals surface area contributed by atoms with Crippen LogP contribution in [0.3, 0.4) is 0 Å². The molecule has 3 heteroatoms. The number of aryl methyl sites for hydroxylation is 1. The third-order valence-corrected chi connectivity index (χ3v) is 3.53. The quantitative estimate of drug-likeness (QED) is 0.767. The zero-order chi connectivity index (χ0) is 9.97. The first-order chi connectivity index (χ1) is 6.75. The number of piperidine rings is 1. The smallest absolute Gasteiger partial charge is 0.116 e. The van der Waals surface area contributed by atoms with E-state index in [4.69, 9.17) is 0 Å². The molecule has 0 saturated carbocycles. The highest BCUT2D eigenvalue weighted by Crippen LogP contribution is 2.22. The van der Waals surface area contributed by atoms with Crippen LogP contribution in [-0.2, 0) is 0 Å². The molecule has 1 fully saturated rings. The van der Waals surface area contributed by atoms with E-state index in [0.717, 1.165) is 23.8 Å². The van der Waals surface area contributed by atoms with Gasteiger partial charge in [-0.25, -0.2) is 4.98 Å². The Kier molecular flexibility index (Phi) is 2.99. The van der Waals surface area contributed by atoms with Crippen molar-refractivity contribution < 1.29 is 0 Å². The lowest BCUT2D eigenvalue weighted by Crippen LogP contribution is -2.29. The Bertz CT molecular complexity index is 341. The lowest BCUT2D eigenvalue weighted by atomic mass is 9.94. The molecule has 1 aromatic heterocycles. The van der Waals surface area contributed by atoms with Crippen molar-refractivity contribution in [2.24, 2.45) is 5.92 Å². The molecule has 1 aliphatic heterocycles. The average molecular weight is 208 g/mol. The van der Waals surface area contributed by atoms with E-state index in [0.29, 0.717) is 5.92 Å². The Morgan fingerprint density at radius 2 is 2.50 bits per heavy atom. The number of hydrogen-bond donors (Lipinski definition) is 1. The van der Waals surface area contributed by atoms with Crippen LogP contribution in [-0.4, -0.2) is 18.1 Å². The molecule has 0 amide bonds. The molecule has 1 atom stereocenters. The Hall–Kier alpha value is -0.670. The molecule has 0 aromatic carbocycles. The van der Waals surface area contributed by atoms with Crippen LogP contribution in [0.2, 0.25) is 0 Å². The van der Waals surface area contributed by atoms with Gasteiger partial charge in [-0.1, -0.05) is 12.5 Å². The summed E-state index contributed by atoms with van der Waals surface area (Å²) in [5.41, 5.74) is 2.67. The maximum atomic E-state index is 4.46. The van der Waals surface area contributed by atoms with Gasteiger partial charge in [0.05, 0.1) is 0 Å². The Morgan fingerprint density at radius 3 is 3.14 bits per heavy atom. The van der Waals surface area contributed by atoms with E-state index in [1.165, 1.54) is 12.0 Å². The highest BCUT2D eigenvalue weighted by atomic mass is 32.1. The van der Waals surface area contributed by atoms with Crippen molar-refractivity contribution in [1.82, 2.24) is 10.3 Å². The topological polar surface area (TPSA) is 24.9 Å². The molecule has 0 spiro atoms. The number of thiazole rings is 1. The average Bonchev–Trinajstić information content (AvgIpc) is 2.56. The molecule has 1 N–H and O–H groups in total. The minimum Gasteiger partial charge on any atom is -0.316 e. The van der Waals surface area contributed by atoms with Crippen LogP contribution >= 0.6 is 11.3 Å². The number of nitrogens with zero attached hydrogens (tertiary/aromatic N) is 1. The van der Waals surface area contributed by atoms with Crippen LogP contribution in [0.25, 0.3) is 6.08 Å². The molecule has 76 valence electrons. The van der Waals surface area contributed by atoms with Crippen LogP contribution in [0.15, 0.2) is 11.0 Å². The van der Waals surface area contributed by atoms with Crippen LogP contribution in [0.4, 0.5) is 0 Å². The van der Waals surface area contributed by atoms with E-state index in [9.17, 15) is 0 Å². The summed E-state index contributed by atoms with van der Waals surface area (Å²) >= 11 is 1.74. The normalized spacial score (nSPS) is 25.6. The third kappa shape index (κ3) is 2.22. The van der Waals surface area contributed by atoms with Gasteiger partial charge in [0, 0.05) is 17.6 Å². The summed E-state index contributed by atoms with van der Waals surface area (Å²) in [6.07, 6.45) is 3.43. The van der Waals surface area contributed by atoms with Gasteiger partial charge in [-0.05, 0) is 31.9 Å². The largest absolute Gasteiger partial charge is 0.316 e. The molecule has 0 radical (unpaired) electrons.